The fourth-order valence-electron chi connectivity index (χ4n) is 3.26. The van der Waals surface area contributed by atoms with Gasteiger partial charge in [-0.2, -0.15) is 0 Å². The number of nitrogens with one attached hydrogen (secondary N) is 2. The second-order valence-electron chi connectivity index (χ2n) is 6.92. The molecular weight excluding hydrogens is 420 g/mol. The molecule has 0 fully saturated rings. The number of unbranched alkanes of at least 4 members (excludes halogenated alkanes) is 1. The summed E-state index contributed by atoms with van der Waals surface area (Å²) in [6.45, 7) is 4.85. The molecule has 8 heteroatoms. The molecule has 6 nitrogen and oxygen atoms in total. The fourth-order valence-corrected chi connectivity index (χ4v) is 4.80. The third-order valence-corrected chi connectivity index (χ3v) is 6.15. The number of ether oxygens (including phenoxy) is 2. The molecule has 1 amide bonds. The minimum absolute atomic E-state index is 0.147. The number of fused-ring (bicyclic) bond motifs is 1. The first kappa shape index (κ1) is 22.2. The van der Waals surface area contributed by atoms with Crippen LogP contribution in [-0.4, -0.2) is 30.2 Å². The number of aryl methyl sites for hydroxylation is 1. The molecule has 0 aliphatic heterocycles. The molecule has 1 aromatic heterocycles. The van der Waals surface area contributed by atoms with Crippen LogP contribution in [-0.2, 0) is 17.6 Å². The first-order valence-corrected chi connectivity index (χ1v) is 11.4. The largest absolute Gasteiger partial charge is 0.494 e. The van der Waals surface area contributed by atoms with Crippen LogP contribution in [0.1, 0.15) is 64.3 Å². The summed E-state index contributed by atoms with van der Waals surface area (Å²) >= 11 is 6.81. The highest BCUT2D eigenvalue weighted by molar-refractivity contribution is 7.80. The number of rotatable bonds is 8. The quantitative estimate of drug-likeness (QED) is 0.347. The van der Waals surface area contributed by atoms with E-state index in [1.807, 2.05) is 0 Å². The molecule has 1 aliphatic rings. The summed E-state index contributed by atoms with van der Waals surface area (Å²) < 4.78 is 10.8. The van der Waals surface area contributed by atoms with Crippen molar-refractivity contribution in [2.75, 3.05) is 18.5 Å². The molecule has 2 N–H and O–H groups in total. The number of carbonyl (C=O) groups is 2. The first-order chi connectivity index (χ1) is 14.5. The Labute approximate surface area is 186 Å². The Morgan fingerprint density at radius 1 is 1.17 bits per heavy atom. The summed E-state index contributed by atoms with van der Waals surface area (Å²) in [5, 5.41) is 6.47. The number of esters is 1. The number of hydrogen-bond acceptors (Lipinski definition) is 6. The number of hydrogen-bond donors (Lipinski definition) is 2. The number of thiocarbonyl (C=S) groups is 1. The van der Waals surface area contributed by atoms with Gasteiger partial charge in [0, 0.05) is 10.4 Å². The number of benzene rings is 1. The highest BCUT2D eigenvalue weighted by atomic mass is 32.1. The van der Waals surface area contributed by atoms with Crippen molar-refractivity contribution in [3.63, 3.8) is 0 Å². The summed E-state index contributed by atoms with van der Waals surface area (Å²) in [6.07, 6.45) is 4.89. The van der Waals surface area contributed by atoms with Crippen LogP contribution in [0, 0.1) is 0 Å². The normalized spacial score (nSPS) is 12.2. The van der Waals surface area contributed by atoms with Crippen LogP contribution in [0.25, 0.3) is 0 Å². The summed E-state index contributed by atoms with van der Waals surface area (Å²) in [5.74, 6) is 0.0504. The van der Waals surface area contributed by atoms with Crippen molar-refractivity contribution >= 4 is 45.5 Å². The van der Waals surface area contributed by atoms with E-state index in [1.165, 1.54) is 16.2 Å². The molecule has 0 unspecified atom stereocenters. The smallest absolute Gasteiger partial charge is 0.341 e. The van der Waals surface area contributed by atoms with Crippen LogP contribution in [0.15, 0.2) is 24.3 Å². The molecule has 1 heterocycles. The molecule has 0 spiro atoms. The van der Waals surface area contributed by atoms with E-state index in [-0.39, 0.29) is 17.0 Å². The third kappa shape index (κ3) is 5.37. The van der Waals surface area contributed by atoms with Crippen LogP contribution in [0.3, 0.4) is 0 Å². The maximum Gasteiger partial charge on any atom is 0.341 e. The number of anilines is 1. The Morgan fingerprint density at radius 2 is 1.93 bits per heavy atom. The fraction of sp³-hybridized carbons (Fsp3) is 0.409. The van der Waals surface area contributed by atoms with Crippen molar-refractivity contribution in [2.45, 2.75) is 46.0 Å². The zero-order chi connectivity index (χ0) is 21.5. The van der Waals surface area contributed by atoms with E-state index in [1.54, 1.807) is 31.2 Å². The van der Waals surface area contributed by atoms with Gasteiger partial charge in [0.15, 0.2) is 5.11 Å². The average Bonchev–Trinajstić information content (AvgIpc) is 3.29. The molecule has 1 aromatic carbocycles. The van der Waals surface area contributed by atoms with E-state index in [2.05, 4.69) is 17.6 Å². The zero-order valence-corrected chi connectivity index (χ0v) is 18.8. The second-order valence-corrected chi connectivity index (χ2v) is 8.43. The molecule has 3 rings (SSSR count). The molecule has 0 saturated carbocycles. The van der Waals surface area contributed by atoms with Gasteiger partial charge < -0.3 is 14.8 Å². The Kier molecular flexibility index (Phi) is 7.81. The minimum Gasteiger partial charge on any atom is -0.494 e. The highest BCUT2D eigenvalue weighted by Crippen LogP contribution is 2.39. The lowest BCUT2D eigenvalue weighted by Crippen LogP contribution is -2.34. The lowest BCUT2D eigenvalue weighted by atomic mass is 10.1. The number of carbonyl (C=O) groups excluding carboxylic acids is 2. The average molecular weight is 447 g/mol. The van der Waals surface area contributed by atoms with Crippen molar-refractivity contribution in [3.05, 3.63) is 45.8 Å². The van der Waals surface area contributed by atoms with E-state index < -0.39 is 0 Å². The van der Waals surface area contributed by atoms with Crippen LogP contribution in [0.5, 0.6) is 5.75 Å². The van der Waals surface area contributed by atoms with Crippen LogP contribution < -0.4 is 15.4 Å². The Bertz CT molecular complexity index is 922. The molecule has 30 heavy (non-hydrogen) atoms. The SMILES string of the molecule is CCCCOc1ccc(C(=O)NC(=S)Nc2sc3c(c2C(=O)OCC)CCC3)cc1. The van der Waals surface area contributed by atoms with Crippen molar-refractivity contribution in [3.8, 4) is 5.75 Å². The zero-order valence-electron chi connectivity index (χ0n) is 17.2. The lowest BCUT2D eigenvalue weighted by Gasteiger charge is -2.11. The summed E-state index contributed by atoms with van der Waals surface area (Å²) in [6, 6.07) is 6.93. The lowest BCUT2D eigenvalue weighted by molar-refractivity contribution is 0.0527. The van der Waals surface area contributed by atoms with E-state index in [9.17, 15) is 9.59 Å². The van der Waals surface area contributed by atoms with Gasteiger partial charge >= 0.3 is 5.97 Å². The number of amides is 1. The van der Waals surface area contributed by atoms with Crippen LogP contribution in [0.4, 0.5) is 5.00 Å². The second kappa shape index (κ2) is 10.5. The van der Waals surface area contributed by atoms with Gasteiger partial charge in [-0.15, -0.1) is 11.3 Å². The summed E-state index contributed by atoms with van der Waals surface area (Å²) in [5.41, 5.74) is 2.05. The van der Waals surface area contributed by atoms with Gasteiger partial charge in [-0.05, 0) is 74.7 Å². The van der Waals surface area contributed by atoms with Gasteiger partial charge in [-0.1, -0.05) is 13.3 Å². The highest BCUT2D eigenvalue weighted by Gasteiger charge is 2.28. The molecule has 0 bridgehead atoms. The molecule has 160 valence electrons. The maximum absolute atomic E-state index is 12.5. The predicted molar refractivity (Wildman–Crippen MR) is 123 cm³/mol. The Hall–Kier alpha value is -2.45. The standard InChI is InChI=1S/C22H26N2O4S2/c1-3-5-13-28-15-11-9-14(10-12-15)19(25)23-22(29)24-20-18(21(26)27-4-2)16-7-6-8-17(16)30-20/h9-12H,3-8,13H2,1-2H3,(H2,23,24,25,29). The molecule has 0 atom stereocenters. The molecule has 1 aliphatic carbocycles. The van der Waals surface area contributed by atoms with Gasteiger partial charge in [0.2, 0.25) is 0 Å². The monoisotopic (exact) mass is 446 g/mol. The van der Waals surface area contributed by atoms with Crippen molar-refractivity contribution in [2.24, 2.45) is 0 Å². The Morgan fingerprint density at radius 3 is 2.63 bits per heavy atom. The third-order valence-electron chi connectivity index (χ3n) is 4.74. The van der Waals surface area contributed by atoms with E-state index in [4.69, 9.17) is 21.7 Å². The topological polar surface area (TPSA) is 76.7 Å². The first-order valence-electron chi connectivity index (χ1n) is 10.2. The van der Waals surface area contributed by atoms with Gasteiger partial charge in [0.1, 0.15) is 10.8 Å². The maximum atomic E-state index is 12.5. The van der Waals surface area contributed by atoms with Gasteiger partial charge in [-0.25, -0.2) is 4.79 Å². The van der Waals surface area contributed by atoms with Crippen LogP contribution in [0.2, 0.25) is 0 Å². The molecule has 0 saturated heterocycles. The van der Waals surface area contributed by atoms with E-state index >= 15 is 0 Å². The summed E-state index contributed by atoms with van der Waals surface area (Å²) in [4.78, 5) is 26.1. The molecular formula is C22H26N2O4S2. The van der Waals surface area contributed by atoms with Crippen molar-refractivity contribution in [1.29, 1.82) is 0 Å². The predicted octanol–water partition coefficient (Wildman–Crippen LogP) is 4.72. The van der Waals surface area contributed by atoms with Gasteiger partial charge in [-0.3, -0.25) is 10.1 Å². The van der Waals surface area contributed by atoms with Gasteiger partial charge in [0.05, 0.1) is 18.8 Å². The number of thiophene rings is 1. The van der Waals surface area contributed by atoms with Gasteiger partial charge in [0.25, 0.3) is 5.91 Å². The van der Waals surface area contributed by atoms with Crippen molar-refractivity contribution < 1.29 is 19.1 Å². The Balaban J connectivity index is 1.63. The molecule has 0 radical (unpaired) electrons. The van der Waals surface area contributed by atoms with Crippen molar-refractivity contribution in [1.82, 2.24) is 5.32 Å². The molecule has 2 aromatic rings. The minimum atomic E-state index is -0.354. The van der Waals surface area contributed by atoms with Crippen LogP contribution >= 0.6 is 23.6 Å². The van der Waals surface area contributed by atoms with E-state index in [0.29, 0.717) is 29.3 Å². The summed E-state index contributed by atoms with van der Waals surface area (Å²) in [7, 11) is 0. The van der Waals surface area contributed by atoms with E-state index in [0.717, 1.165) is 43.4 Å².